The van der Waals surface area contributed by atoms with Gasteiger partial charge in [0.25, 0.3) is 0 Å². The zero-order chi connectivity index (χ0) is 22.9. The van der Waals surface area contributed by atoms with Gasteiger partial charge in [-0.15, -0.1) is 0 Å². The first-order chi connectivity index (χ1) is 15.3. The third kappa shape index (κ3) is 5.05. The third-order valence-electron chi connectivity index (χ3n) is 6.50. The van der Waals surface area contributed by atoms with Crippen molar-refractivity contribution in [3.8, 4) is 0 Å². The highest BCUT2D eigenvalue weighted by molar-refractivity contribution is 5.90. The first kappa shape index (κ1) is 22.6. The number of amides is 1. The van der Waals surface area contributed by atoms with Gasteiger partial charge in [0.1, 0.15) is 5.82 Å². The second-order valence-corrected chi connectivity index (χ2v) is 9.40. The van der Waals surface area contributed by atoms with Gasteiger partial charge in [-0.1, -0.05) is 12.8 Å². The van der Waals surface area contributed by atoms with Crippen LogP contribution in [0.1, 0.15) is 50.7 Å². The number of benzene rings is 1. The van der Waals surface area contributed by atoms with Gasteiger partial charge < -0.3 is 21.3 Å². The van der Waals surface area contributed by atoms with Crippen molar-refractivity contribution in [2.24, 2.45) is 11.7 Å². The Morgan fingerprint density at radius 3 is 2.88 bits per heavy atom. The van der Waals surface area contributed by atoms with E-state index in [1.54, 1.807) is 6.07 Å². The van der Waals surface area contributed by atoms with Crippen molar-refractivity contribution in [2.75, 3.05) is 13.6 Å². The van der Waals surface area contributed by atoms with E-state index >= 15 is 0 Å². The van der Waals surface area contributed by atoms with Gasteiger partial charge in [0.15, 0.2) is 0 Å². The number of carbonyl (C=O) groups is 1. The van der Waals surface area contributed by atoms with E-state index in [0.717, 1.165) is 34.5 Å². The minimum absolute atomic E-state index is 0.0296. The van der Waals surface area contributed by atoms with Crippen LogP contribution in [0.15, 0.2) is 47.9 Å². The number of allylic oxidation sites excluding steroid dienone is 3. The number of halogens is 1. The second kappa shape index (κ2) is 9.08. The molecular formula is C25H34FN5O. The van der Waals surface area contributed by atoms with Crippen molar-refractivity contribution >= 4 is 11.5 Å². The molecule has 5 N–H and O–H groups in total. The number of nitrogens with zero attached hydrogens (tertiary/aromatic N) is 1. The molecule has 2 atom stereocenters. The summed E-state index contributed by atoms with van der Waals surface area (Å²) < 4.78 is 14.2. The maximum Gasteiger partial charge on any atom is 0.247 e. The SMILES string of the molecule is CN/C=C(\C)c1cc(F)cc(CNC2C=C(N3CCC(N)(CC4CC4)C3=O)C=C(C)N2)c1. The highest BCUT2D eigenvalue weighted by atomic mass is 19.1. The van der Waals surface area contributed by atoms with Crippen LogP contribution in [0.25, 0.3) is 5.57 Å². The van der Waals surface area contributed by atoms with Crippen LogP contribution >= 0.6 is 0 Å². The lowest BCUT2D eigenvalue weighted by Crippen LogP contribution is -2.49. The van der Waals surface area contributed by atoms with E-state index in [-0.39, 0.29) is 17.9 Å². The van der Waals surface area contributed by atoms with E-state index in [1.165, 1.54) is 18.9 Å². The Labute approximate surface area is 189 Å². The highest BCUT2D eigenvalue weighted by Crippen LogP contribution is 2.40. The number of carbonyl (C=O) groups excluding carboxylic acids is 1. The summed E-state index contributed by atoms with van der Waals surface area (Å²) in [7, 11) is 1.82. The fourth-order valence-corrected chi connectivity index (χ4v) is 4.62. The fraction of sp³-hybridized carbons (Fsp3) is 0.480. The Bertz CT molecular complexity index is 981. The van der Waals surface area contributed by atoms with Crippen molar-refractivity contribution in [3.63, 3.8) is 0 Å². The number of rotatable bonds is 8. The van der Waals surface area contributed by atoms with Crippen molar-refractivity contribution < 1.29 is 9.18 Å². The number of likely N-dealkylation sites (tertiary alicyclic amines) is 1. The molecule has 1 saturated heterocycles. The van der Waals surface area contributed by atoms with Gasteiger partial charge >= 0.3 is 0 Å². The average Bonchev–Trinajstić information content (AvgIpc) is 3.50. The van der Waals surface area contributed by atoms with Gasteiger partial charge in [-0.2, -0.15) is 0 Å². The van der Waals surface area contributed by atoms with Crippen LogP contribution < -0.4 is 21.7 Å². The lowest BCUT2D eigenvalue weighted by molar-refractivity contribution is -0.130. The van der Waals surface area contributed by atoms with Gasteiger partial charge in [-0.3, -0.25) is 10.1 Å². The molecule has 0 aromatic heterocycles. The third-order valence-corrected chi connectivity index (χ3v) is 6.50. The maximum absolute atomic E-state index is 14.2. The normalized spacial score (nSPS) is 26.0. The van der Waals surface area contributed by atoms with E-state index < -0.39 is 5.54 Å². The van der Waals surface area contributed by atoms with Gasteiger partial charge in [0.05, 0.1) is 11.7 Å². The Hall–Kier alpha value is -2.64. The number of nitrogens with two attached hydrogens (primary N) is 1. The molecule has 0 spiro atoms. The molecule has 7 heteroatoms. The van der Waals surface area contributed by atoms with Crippen LogP contribution in [0.2, 0.25) is 0 Å². The molecule has 2 fully saturated rings. The van der Waals surface area contributed by atoms with Crippen LogP contribution in [-0.2, 0) is 11.3 Å². The number of nitrogens with one attached hydrogen (secondary N) is 3. The first-order valence-electron chi connectivity index (χ1n) is 11.4. The van der Waals surface area contributed by atoms with Crippen molar-refractivity contribution in [1.82, 2.24) is 20.9 Å². The van der Waals surface area contributed by atoms with E-state index in [9.17, 15) is 9.18 Å². The molecule has 6 nitrogen and oxygen atoms in total. The smallest absolute Gasteiger partial charge is 0.247 e. The Morgan fingerprint density at radius 1 is 1.38 bits per heavy atom. The molecule has 32 heavy (non-hydrogen) atoms. The van der Waals surface area contributed by atoms with Crippen LogP contribution in [0.3, 0.4) is 0 Å². The van der Waals surface area contributed by atoms with Crippen LogP contribution in [-0.4, -0.2) is 36.1 Å². The molecule has 2 aliphatic heterocycles. The van der Waals surface area contributed by atoms with E-state index in [0.29, 0.717) is 25.4 Å². The molecule has 2 heterocycles. The molecule has 0 radical (unpaired) electrons. The van der Waals surface area contributed by atoms with Crippen molar-refractivity contribution in [2.45, 2.75) is 57.8 Å². The van der Waals surface area contributed by atoms with Crippen molar-refractivity contribution in [3.05, 3.63) is 64.9 Å². The minimum atomic E-state index is -0.728. The zero-order valence-corrected chi connectivity index (χ0v) is 19.2. The summed E-state index contributed by atoms with van der Waals surface area (Å²) in [5.74, 6) is 0.381. The molecule has 0 bridgehead atoms. The summed E-state index contributed by atoms with van der Waals surface area (Å²) in [6.45, 7) is 5.06. The van der Waals surface area contributed by atoms with E-state index in [2.05, 4.69) is 16.0 Å². The lowest BCUT2D eigenvalue weighted by atomic mass is 9.92. The summed E-state index contributed by atoms with van der Waals surface area (Å²) in [6, 6.07) is 5.07. The molecule has 2 unspecified atom stereocenters. The predicted octanol–water partition coefficient (Wildman–Crippen LogP) is 2.94. The van der Waals surface area contributed by atoms with E-state index in [4.69, 9.17) is 5.73 Å². The zero-order valence-electron chi connectivity index (χ0n) is 19.2. The molecule has 4 rings (SSSR count). The topological polar surface area (TPSA) is 82.4 Å². The minimum Gasteiger partial charge on any atom is -0.394 e. The predicted molar refractivity (Wildman–Crippen MR) is 125 cm³/mol. The Morgan fingerprint density at radius 2 is 2.16 bits per heavy atom. The lowest BCUT2D eigenvalue weighted by Gasteiger charge is -2.29. The Kier molecular flexibility index (Phi) is 6.40. The van der Waals surface area contributed by atoms with Crippen LogP contribution in [0.4, 0.5) is 4.39 Å². The molecule has 1 amide bonds. The fourth-order valence-electron chi connectivity index (χ4n) is 4.62. The van der Waals surface area contributed by atoms with Gasteiger partial charge in [-0.25, -0.2) is 4.39 Å². The summed E-state index contributed by atoms with van der Waals surface area (Å²) in [6.07, 6.45) is 9.56. The van der Waals surface area contributed by atoms with Crippen LogP contribution in [0, 0.1) is 11.7 Å². The molecule has 1 aliphatic carbocycles. The molecule has 1 saturated carbocycles. The standard InChI is InChI=1S/C25H34FN5O/c1-16(14-28-3)20-9-19(10-21(26)11-20)15-29-23-12-22(8-17(2)30-23)31-7-6-25(27,24(31)32)13-18-4-5-18/h8-12,14,18,23,28-30H,4-7,13,15,27H2,1-3H3/b16-14+. The van der Waals surface area contributed by atoms with Gasteiger partial charge in [-0.05, 0) is 85.9 Å². The molecule has 1 aromatic rings. The van der Waals surface area contributed by atoms with E-state index in [1.807, 2.05) is 50.2 Å². The first-order valence-corrected chi connectivity index (χ1v) is 11.4. The monoisotopic (exact) mass is 439 g/mol. The molecule has 172 valence electrons. The van der Waals surface area contributed by atoms with Gasteiger partial charge in [0, 0.05) is 31.5 Å². The summed E-state index contributed by atoms with van der Waals surface area (Å²) in [5, 5.41) is 9.79. The maximum atomic E-state index is 14.2. The highest BCUT2D eigenvalue weighted by Gasteiger charge is 2.47. The Balaban J connectivity index is 1.45. The summed E-state index contributed by atoms with van der Waals surface area (Å²) in [4.78, 5) is 14.9. The van der Waals surface area contributed by atoms with Crippen molar-refractivity contribution in [1.29, 1.82) is 0 Å². The van der Waals surface area contributed by atoms with Gasteiger partial charge in [0.2, 0.25) is 5.91 Å². The molecule has 3 aliphatic rings. The summed E-state index contributed by atoms with van der Waals surface area (Å²) in [5.41, 5.74) is 10.3. The second-order valence-electron chi connectivity index (χ2n) is 9.40. The quantitative estimate of drug-likeness (QED) is 0.501. The molecular weight excluding hydrogens is 405 g/mol. The molecule has 1 aromatic carbocycles. The van der Waals surface area contributed by atoms with Crippen LogP contribution in [0.5, 0.6) is 0 Å². The number of hydrogen-bond donors (Lipinski definition) is 4. The number of dihydropyridines is 1. The average molecular weight is 440 g/mol. The summed E-state index contributed by atoms with van der Waals surface area (Å²) >= 11 is 0. The largest absolute Gasteiger partial charge is 0.394 e. The number of hydrogen-bond acceptors (Lipinski definition) is 5.